The van der Waals surface area contributed by atoms with E-state index in [2.05, 4.69) is 23.2 Å². The van der Waals surface area contributed by atoms with Gasteiger partial charge in [-0.05, 0) is 47.0 Å². The highest BCUT2D eigenvalue weighted by Gasteiger charge is 2.28. The molecule has 24 heavy (non-hydrogen) atoms. The van der Waals surface area contributed by atoms with Crippen LogP contribution in [0.25, 0.3) is 12.3 Å². The van der Waals surface area contributed by atoms with Gasteiger partial charge in [0, 0.05) is 18.0 Å². The Kier molecular flexibility index (Phi) is 2.74. The van der Waals surface area contributed by atoms with Gasteiger partial charge in [-0.2, -0.15) is 0 Å². The second-order valence-corrected chi connectivity index (χ2v) is 6.25. The van der Waals surface area contributed by atoms with E-state index in [1.807, 2.05) is 18.2 Å². The Balaban J connectivity index is 1.69. The predicted octanol–water partition coefficient (Wildman–Crippen LogP) is 1.26. The van der Waals surface area contributed by atoms with Gasteiger partial charge in [0.25, 0.3) is 0 Å². The molecule has 0 amide bonds. The molecule has 1 unspecified atom stereocenters. The summed E-state index contributed by atoms with van der Waals surface area (Å²) < 4.78 is 16.4. The van der Waals surface area contributed by atoms with Gasteiger partial charge in [0.15, 0.2) is 23.0 Å². The van der Waals surface area contributed by atoms with E-state index in [1.54, 1.807) is 7.11 Å². The zero-order valence-corrected chi connectivity index (χ0v) is 13.3. The molecule has 1 atom stereocenters. The van der Waals surface area contributed by atoms with E-state index in [0.29, 0.717) is 5.75 Å². The second kappa shape index (κ2) is 4.84. The molecule has 3 aliphatic heterocycles. The molecule has 5 rings (SSSR count). The molecule has 3 aliphatic rings. The quantitative estimate of drug-likeness (QED) is 0.856. The topological polar surface area (TPSA) is 51.2 Å². The van der Waals surface area contributed by atoms with Gasteiger partial charge in [-0.3, -0.25) is 0 Å². The minimum atomic E-state index is 0.110. The molecular formula is C19H17NO4. The molecule has 2 aromatic carbocycles. The number of rotatable bonds is 1. The molecule has 0 spiro atoms. The van der Waals surface area contributed by atoms with Crippen LogP contribution in [0.2, 0.25) is 0 Å². The summed E-state index contributed by atoms with van der Waals surface area (Å²) in [6, 6.07) is 7.90. The van der Waals surface area contributed by atoms with Gasteiger partial charge in [0.2, 0.25) is 6.79 Å². The van der Waals surface area contributed by atoms with E-state index in [9.17, 15) is 5.11 Å². The lowest BCUT2D eigenvalue weighted by molar-refractivity contribution is 0.173. The first kappa shape index (κ1) is 13.6. The number of phenols is 1. The highest BCUT2D eigenvalue weighted by Crippen LogP contribution is 2.39. The van der Waals surface area contributed by atoms with E-state index >= 15 is 0 Å². The van der Waals surface area contributed by atoms with Crippen LogP contribution in [0.1, 0.15) is 17.2 Å². The summed E-state index contributed by atoms with van der Waals surface area (Å²) in [6.45, 7) is 1.19. The minimum absolute atomic E-state index is 0.110. The van der Waals surface area contributed by atoms with Gasteiger partial charge >= 0.3 is 0 Å². The average molecular weight is 323 g/mol. The molecule has 3 heterocycles. The number of fused-ring (bicyclic) bond motifs is 6. The Labute approximate surface area is 139 Å². The van der Waals surface area contributed by atoms with Crippen molar-refractivity contribution in [3.05, 3.63) is 45.8 Å². The van der Waals surface area contributed by atoms with Crippen LogP contribution in [0.5, 0.6) is 23.0 Å². The van der Waals surface area contributed by atoms with Crippen LogP contribution >= 0.6 is 0 Å². The Morgan fingerprint density at radius 1 is 1.25 bits per heavy atom. The van der Waals surface area contributed by atoms with Crippen molar-refractivity contribution in [3.8, 4) is 23.0 Å². The molecule has 122 valence electrons. The molecule has 1 N–H and O–H groups in total. The summed E-state index contributed by atoms with van der Waals surface area (Å²) in [5.41, 5.74) is 2.35. The highest BCUT2D eigenvalue weighted by molar-refractivity contribution is 5.59. The van der Waals surface area contributed by atoms with Crippen molar-refractivity contribution in [2.24, 2.45) is 0 Å². The fourth-order valence-electron chi connectivity index (χ4n) is 3.80. The lowest BCUT2D eigenvalue weighted by Gasteiger charge is -2.37. The number of hydrogen-bond donors (Lipinski definition) is 1. The van der Waals surface area contributed by atoms with E-state index in [0.717, 1.165) is 40.5 Å². The number of ether oxygens (including phenoxy) is 3. The van der Waals surface area contributed by atoms with Crippen molar-refractivity contribution in [3.63, 3.8) is 0 Å². The van der Waals surface area contributed by atoms with Gasteiger partial charge in [-0.1, -0.05) is 6.07 Å². The highest BCUT2D eigenvalue weighted by atomic mass is 16.7. The first-order chi connectivity index (χ1) is 11.7. The Morgan fingerprint density at radius 3 is 3.04 bits per heavy atom. The zero-order valence-electron chi connectivity index (χ0n) is 13.3. The number of aromatic hydroxyl groups is 1. The number of phenolic OH excluding ortho intramolecular Hbond substituents is 1. The van der Waals surface area contributed by atoms with E-state index in [-0.39, 0.29) is 18.6 Å². The molecule has 0 bridgehead atoms. The molecule has 0 saturated carbocycles. The lowest BCUT2D eigenvalue weighted by Crippen LogP contribution is -2.40. The fourth-order valence-corrected chi connectivity index (χ4v) is 3.80. The van der Waals surface area contributed by atoms with E-state index < -0.39 is 0 Å². The van der Waals surface area contributed by atoms with Crippen molar-refractivity contribution < 1.29 is 19.3 Å². The normalized spacial score (nSPS) is 19.5. The zero-order chi connectivity index (χ0) is 16.3. The Bertz CT molecular complexity index is 966. The summed E-state index contributed by atoms with van der Waals surface area (Å²) in [5.74, 6) is 2.34. The number of hydrogen-bond acceptors (Lipinski definition) is 5. The van der Waals surface area contributed by atoms with Gasteiger partial charge in [0.05, 0.1) is 13.2 Å². The maximum atomic E-state index is 10.2. The van der Waals surface area contributed by atoms with Crippen LogP contribution in [0.3, 0.4) is 0 Å². The number of methoxy groups -OCH3 is 1. The summed E-state index contributed by atoms with van der Waals surface area (Å²) in [7, 11) is 1.58. The monoisotopic (exact) mass is 323 g/mol. The fraction of sp³-hybridized carbons (Fsp3) is 0.263. The molecule has 5 heteroatoms. The molecule has 0 fully saturated rings. The molecule has 0 aliphatic carbocycles. The Morgan fingerprint density at radius 2 is 2.17 bits per heavy atom. The van der Waals surface area contributed by atoms with E-state index in [1.165, 1.54) is 5.56 Å². The molecule has 0 aromatic heterocycles. The minimum Gasteiger partial charge on any atom is -0.504 e. The summed E-state index contributed by atoms with van der Waals surface area (Å²) in [6.07, 6.45) is 5.29. The van der Waals surface area contributed by atoms with Crippen molar-refractivity contribution in [2.75, 3.05) is 20.4 Å². The largest absolute Gasteiger partial charge is 0.504 e. The third-order valence-corrected chi connectivity index (χ3v) is 5.00. The first-order valence-electron chi connectivity index (χ1n) is 8.02. The standard InChI is InChI=1S/C19H17NO4/c1-22-18-7-12-4-5-20-9-14-11(2-3-17-19(14)24-10-23-17)6-15(20)13(12)8-16(18)21/h2-3,6-9,15,21H,4-5,10H2,1H3. The maximum absolute atomic E-state index is 10.2. The van der Waals surface area contributed by atoms with Crippen molar-refractivity contribution in [1.82, 2.24) is 4.90 Å². The second-order valence-electron chi connectivity index (χ2n) is 6.25. The predicted molar refractivity (Wildman–Crippen MR) is 88.6 cm³/mol. The van der Waals surface area contributed by atoms with Crippen LogP contribution in [0.4, 0.5) is 0 Å². The van der Waals surface area contributed by atoms with Gasteiger partial charge in [0.1, 0.15) is 0 Å². The van der Waals surface area contributed by atoms with Gasteiger partial charge in [-0.25, -0.2) is 0 Å². The molecule has 5 nitrogen and oxygen atoms in total. The molecule has 0 radical (unpaired) electrons. The van der Waals surface area contributed by atoms with Crippen molar-refractivity contribution in [1.29, 1.82) is 0 Å². The third-order valence-electron chi connectivity index (χ3n) is 5.00. The summed E-state index contributed by atoms with van der Waals surface area (Å²) in [5, 5.41) is 12.4. The number of benzene rings is 2. The summed E-state index contributed by atoms with van der Waals surface area (Å²) in [4.78, 5) is 2.29. The third kappa shape index (κ3) is 1.81. The van der Waals surface area contributed by atoms with E-state index in [4.69, 9.17) is 14.2 Å². The lowest BCUT2D eigenvalue weighted by atomic mass is 9.90. The van der Waals surface area contributed by atoms with Crippen LogP contribution in [-0.4, -0.2) is 30.5 Å². The van der Waals surface area contributed by atoms with Crippen LogP contribution in [0, 0.1) is 0 Å². The summed E-state index contributed by atoms with van der Waals surface area (Å²) >= 11 is 0. The SMILES string of the molecule is COc1cc2c(cc1O)C1C=c3ccc4c(c3=CN1CC2)OCO4. The van der Waals surface area contributed by atoms with Crippen molar-refractivity contribution >= 4 is 12.3 Å². The smallest absolute Gasteiger partial charge is 0.231 e. The molecular weight excluding hydrogens is 306 g/mol. The van der Waals surface area contributed by atoms with Crippen molar-refractivity contribution in [2.45, 2.75) is 12.5 Å². The van der Waals surface area contributed by atoms with Crippen LogP contribution < -0.4 is 24.6 Å². The molecule has 0 saturated heterocycles. The van der Waals surface area contributed by atoms with Crippen LogP contribution in [-0.2, 0) is 6.42 Å². The number of nitrogens with zero attached hydrogens (tertiary/aromatic N) is 1. The first-order valence-corrected chi connectivity index (χ1v) is 8.02. The van der Waals surface area contributed by atoms with Gasteiger partial charge < -0.3 is 24.2 Å². The van der Waals surface area contributed by atoms with Crippen LogP contribution in [0.15, 0.2) is 24.3 Å². The van der Waals surface area contributed by atoms with Gasteiger partial charge in [-0.15, -0.1) is 0 Å². The maximum Gasteiger partial charge on any atom is 0.231 e. The molecule has 2 aromatic rings. The Hall–Kier alpha value is -2.82. The average Bonchev–Trinajstić information content (AvgIpc) is 3.09.